The number of hydrogen-bond acceptors (Lipinski definition) is 4. The number of carboxylic acid groups (broad SMARTS) is 1. The zero-order valence-electron chi connectivity index (χ0n) is 5.60. The highest BCUT2D eigenvalue weighted by atomic mass is 16.6. The number of nitrogens with zero attached hydrogens (tertiary/aromatic N) is 1. The van der Waals surface area contributed by atoms with Gasteiger partial charge in [-0.15, -0.1) is 0 Å². The number of cyclic esters (lactones) is 2. The minimum atomic E-state index is -1.48. The Kier molecular flexibility index (Phi) is 1.52. The van der Waals surface area contributed by atoms with E-state index in [1.54, 1.807) is 0 Å². The molecule has 1 rings (SSSR count). The summed E-state index contributed by atoms with van der Waals surface area (Å²) in [6.07, 6.45) is -2.61. The van der Waals surface area contributed by atoms with Gasteiger partial charge in [0.25, 0.3) is 0 Å². The van der Waals surface area contributed by atoms with E-state index in [1.165, 1.54) is 6.92 Å². The molecule has 0 spiro atoms. The first-order chi connectivity index (χ1) is 5.04. The van der Waals surface area contributed by atoms with Crippen LogP contribution in [-0.2, 0) is 9.53 Å². The zero-order chi connectivity index (χ0) is 8.59. The molecule has 1 atom stereocenters. The molecule has 1 N–H and O–H groups in total. The minimum Gasteiger partial charge on any atom is -0.464 e. The van der Waals surface area contributed by atoms with Crippen molar-refractivity contribution < 1.29 is 24.2 Å². The van der Waals surface area contributed by atoms with Crippen molar-refractivity contribution in [1.82, 2.24) is 4.90 Å². The van der Waals surface area contributed by atoms with Gasteiger partial charge in [0.2, 0.25) is 0 Å². The predicted octanol–water partition coefficient (Wildman–Crippen LogP) is 0.0317. The van der Waals surface area contributed by atoms with Crippen molar-refractivity contribution in [1.29, 1.82) is 0 Å². The molecule has 0 unspecified atom stereocenters. The van der Waals surface area contributed by atoms with Crippen LogP contribution in [0.2, 0.25) is 0 Å². The van der Waals surface area contributed by atoms with Gasteiger partial charge in [-0.3, -0.25) is 0 Å². The molecule has 2 amide bonds. The number of ether oxygens (including phenoxy) is 1. The summed E-state index contributed by atoms with van der Waals surface area (Å²) in [5, 5.41) is 8.34. The second-order valence-electron chi connectivity index (χ2n) is 2.02. The van der Waals surface area contributed by atoms with Crippen molar-refractivity contribution >= 4 is 18.2 Å². The molecule has 6 heteroatoms. The standard InChI is InChI=1S/C5H5NO5/c1-2-3(7)11-5(10)6(2)4(8)9/h2H,1H3,(H,8,9)/t2-/m0/s1. The minimum absolute atomic E-state index is 0.336. The fraction of sp³-hybridized carbons (Fsp3) is 0.400. The van der Waals surface area contributed by atoms with E-state index in [1.807, 2.05) is 0 Å². The van der Waals surface area contributed by atoms with Gasteiger partial charge in [0.05, 0.1) is 0 Å². The van der Waals surface area contributed by atoms with Crippen LogP contribution in [0.1, 0.15) is 6.92 Å². The normalized spacial score (nSPS) is 23.7. The van der Waals surface area contributed by atoms with E-state index in [2.05, 4.69) is 4.74 Å². The van der Waals surface area contributed by atoms with Crippen LogP contribution in [0.4, 0.5) is 9.59 Å². The average Bonchev–Trinajstić information content (AvgIpc) is 2.07. The maximum absolute atomic E-state index is 10.6. The molecule has 60 valence electrons. The van der Waals surface area contributed by atoms with Crippen molar-refractivity contribution in [2.24, 2.45) is 0 Å². The van der Waals surface area contributed by atoms with Gasteiger partial charge in [-0.2, -0.15) is 4.90 Å². The molecule has 1 aliphatic heterocycles. The summed E-state index contributed by atoms with van der Waals surface area (Å²) in [7, 11) is 0. The monoisotopic (exact) mass is 159 g/mol. The second-order valence-corrected chi connectivity index (χ2v) is 2.02. The maximum Gasteiger partial charge on any atom is 0.427 e. The third-order valence-electron chi connectivity index (χ3n) is 1.32. The Morgan fingerprint density at radius 3 is 2.36 bits per heavy atom. The van der Waals surface area contributed by atoms with E-state index in [-0.39, 0.29) is 0 Å². The van der Waals surface area contributed by atoms with Crippen molar-refractivity contribution in [3.8, 4) is 0 Å². The molecular formula is C5H5NO5. The van der Waals surface area contributed by atoms with Gasteiger partial charge in [0, 0.05) is 0 Å². The first-order valence-electron chi connectivity index (χ1n) is 2.82. The molecule has 0 aliphatic carbocycles. The van der Waals surface area contributed by atoms with Gasteiger partial charge in [-0.1, -0.05) is 0 Å². The number of amides is 2. The lowest BCUT2D eigenvalue weighted by atomic mass is 10.3. The fourth-order valence-electron chi connectivity index (χ4n) is 0.728. The average molecular weight is 159 g/mol. The zero-order valence-corrected chi connectivity index (χ0v) is 5.60. The summed E-state index contributed by atoms with van der Waals surface area (Å²) < 4.78 is 4.01. The van der Waals surface area contributed by atoms with Gasteiger partial charge in [-0.25, -0.2) is 14.4 Å². The van der Waals surface area contributed by atoms with Crippen LogP contribution in [-0.4, -0.2) is 34.2 Å². The van der Waals surface area contributed by atoms with Crippen LogP contribution in [0.15, 0.2) is 0 Å². The summed E-state index contributed by atoms with van der Waals surface area (Å²) in [5.74, 6) is -0.836. The largest absolute Gasteiger partial charge is 0.464 e. The highest BCUT2D eigenvalue weighted by Gasteiger charge is 2.42. The number of rotatable bonds is 0. The molecule has 0 saturated carbocycles. The lowest BCUT2D eigenvalue weighted by Crippen LogP contribution is -2.36. The van der Waals surface area contributed by atoms with Crippen molar-refractivity contribution in [2.45, 2.75) is 13.0 Å². The summed E-state index contributed by atoms with van der Waals surface area (Å²) in [6, 6.07) is -1.03. The molecule has 6 nitrogen and oxygen atoms in total. The second kappa shape index (κ2) is 2.22. The maximum atomic E-state index is 10.6. The van der Waals surface area contributed by atoms with Crippen LogP contribution in [0.25, 0.3) is 0 Å². The summed E-state index contributed by atoms with van der Waals surface area (Å²) >= 11 is 0. The van der Waals surface area contributed by atoms with Crippen LogP contribution in [0, 0.1) is 0 Å². The van der Waals surface area contributed by atoms with E-state index in [9.17, 15) is 14.4 Å². The fourth-order valence-corrected chi connectivity index (χ4v) is 0.728. The third kappa shape index (κ3) is 1.02. The lowest BCUT2D eigenvalue weighted by molar-refractivity contribution is -0.135. The SMILES string of the molecule is C[C@H]1C(=O)OC(=O)N1C(=O)O. The van der Waals surface area contributed by atoms with Gasteiger partial charge in [-0.05, 0) is 6.92 Å². The molecule has 11 heavy (non-hydrogen) atoms. The van der Waals surface area contributed by atoms with E-state index in [4.69, 9.17) is 5.11 Å². The van der Waals surface area contributed by atoms with E-state index in [0.717, 1.165) is 0 Å². The Morgan fingerprint density at radius 1 is 1.64 bits per heavy atom. The van der Waals surface area contributed by atoms with Gasteiger partial charge in [0.15, 0.2) is 0 Å². The number of esters is 1. The molecule has 0 aromatic carbocycles. The molecule has 1 saturated heterocycles. The third-order valence-corrected chi connectivity index (χ3v) is 1.32. The molecule has 1 heterocycles. The van der Waals surface area contributed by atoms with Crippen molar-refractivity contribution in [2.75, 3.05) is 0 Å². The first kappa shape index (κ1) is 7.52. The van der Waals surface area contributed by atoms with E-state index in [0.29, 0.717) is 4.90 Å². The number of hydrogen-bond donors (Lipinski definition) is 1. The quantitative estimate of drug-likeness (QED) is 0.398. The smallest absolute Gasteiger partial charge is 0.427 e. The number of carbonyl (C=O) groups is 3. The molecule has 0 radical (unpaired) electrons. The molecule has 0 bridgehead atoms. The van der Waals surface area contributed by atoms with Gasteiger partial charge < -0.3 is 9.84 Å². The highest BCUT2D eigenvalue weighted by Crippen LogP contribution is 2.12. The Morgan fingerprint density at radius 2 is 2.18 bits per heavy atom. The summed E-state index contributed by atoms with van der Waals surface area (Å²) in [4.78, 5) is 31.7. The summed E-state index contributed by atoms with van der Waals surface area (Å²) in [6.45, 7) is 1.28. The van der Waals surface area contributed by atoms with E-state index < -0.39 is 24.2 Å². The van der Waals surface area contributed by atoms with Crippen molar-refractivity contribution in [3.05, 3.63) is 0 Å². The van der Waals surface area contributed by atoms with Crippen LogP contribution >= 0.6 is 0 Å². The molecule has 1 fully saturated rings. The predicted molar refractivity (Wildman–Crippen MR) is 30.8 cm³/mol. The van der Waals surface area contributed by atoms with E-state index >= 15 is 0 Å². The van der Waals surface area contributed by atoms with Crippen LogP contribution in [0.3, 0.4) is 0 Å². The van der Waals surface area contributed by atoms with Crippen LogP contribution in [0.5, 0.6) is 0 Å². The van der Waals surface area contributed by atoms with Gasteiger partial charge >= 0.3 is 18.2 Å². The Hall–Kier alpha value is -1.59. The molecule has 0 aromatic rings. The lowest BCUT2D eigenvalue weighted by Gasteiger charge is -2.07. The molecule has 0 aromatic heterocycles. The summed E-state index contributed by atoms with van der Waals surface area (Å²) in [5.41, 5.74) is 0. The molecular weight excluding hydrogens is 154 g/mol. The first-order valence-corrected chi connectivity index (χ1v) is 2.82. The topological polar surface area (TPSA) is 83.9 Å². The Balaban J connectivity index is 2.88. The number of imide groups is 1. The Labute approximate surface area is 61.3 Å². The molecule has 1 aliphatic rings. The number of carbonyl (C=O) groups excluding carboxylic acids is 2. The van der Waals surface area contributed by atoms with Crippen LogP contribution < -0.4 is 0 Å². The Bertz CT molecular complexity index is 235. The van der Waals surface area contributed by atoms with Gasteiger partial charge in [0.1, 0.15) is 6.04 Å². The van der Waals surface area contributed by atoms with Crippen molar-refractivity contribution in [3.63, 3.8) is 0 Å². The highest BCUT2D eigenvalue weighted by molar-refractivity contribution is 6.03.